The Morgan fingerprint density at radius 2 is 1.73 bits per heavy atom. The van der Waals surface area contributed by atoms with Gasteiger partial charge in [-0.3, -0.25) is 4.90 Å². The topological polar surface area (TPSA) is 32.3 Å². The Balaban J connectivity index is 1.38. The van der Waals surface area contributed by atoms with Crippen LogP contribution in [-0.2, 0) is 0 Å². The molecule has 0 unspecified atom stereocenters. The molecular weight excluding hydrogens is 455 g/mol. The van der Waals surface area contributed by atoms with E-state index in [4.69, 9.17) is 11.6 Å². The van der Waals surface area contributed by atoms with E-state index < -0.39 is 0 Å². The van der Waals surface area contributed by atoms with Gasteiger partial charge in [-0.2, -0.15) is 4.98 Å². The first-order chi connectivity index (χ1) is 16.1. The van der Waals surface area contributed by atoms with Gasteiger partial charge >= 0.3 is 0 Å². The number of thiophene rings is 1. The second kappa shape index (κ2) is 9.59. The first kappa shape index (κ1) is 22.0. The van der Waals surface area contributed by atoms with Crippen molar-refractivity contribution in [1.29, 1.82) is 0 Å². The number of aromatic nitrogens is 2. The Morgan fingerprint density at radius 1 is 1.00 bits per heavy atom. The van der Waals surface area contributed by atoms with Gasteiger partial charge in [0.2, 0.25) is 5.28 Å². The molecule has 168 valence electrons. The molecule has 0 saturated carbocycles. The molecule has 0 N–H and O–H groups in total. The van der Waals surface area contributed by atoms with Crippen molar-refractivity contribution in [2.75, 3.05) is 37.6 Å². The highest BCUT2D eigenvalue weighted by Crippen LogP contribution is 2.42. The number of fused-ring (bicyclic) bond motifs is 1. The van der Waals surface area contributed by atoms with Crippen LogP contribution in [0, 0.1) is 12.7 Å². The zero-order valence-electron chi connectivity index (χ0n) is 18.3. The molecule has 4 nitrogen and oxygen atoms in total. The number of aryl methyl sites for hydroxylation is 1. The van der Waals surface area contributed by atoms with Crippen molar-refractivity contribution in [3.63, 3.8) is 0 Å². The van der Waals surface area contributed by atoms with Gasteiger partial charge in [-0.1, -0.05) is 54.6 Å². The van der Waals surface area contributed by atoms with Gasteiger partial charge in [0.25, 0.3) is 0 Å². The van der Waals surface area contributed by atoms with Gasteiger partial charge in [0.1, 0.15) is 16.5 Å². The van der Waals surface area contributed by atoms with Crippen molar-refractivity contribution in [3.05, 3.63) is 82.2 Å². The van der Waals surface area contributed by atoms with E-state index in [1.165, 1.54) is 17.7 Å². The second-order valence-electron chi connectivity index (χ2n) is 8.14. The standard InChI is InChI=1S/C26H24ClFN4S/c1-18-22(20-9-11-21(28)12-10-20)23-24(29-26(27)30-25(23)33-18)32-16-14-31(15-17-32)13-5-8-19-6-3-2-4-7-19/h2-12H,13-17H2,1H3/b8-5+. The lowest BCUT2D eigenvalue weighted by atomic mass is 10.0. The zero-order chi connectivity index (χ0) is 22.8. The fourth-order valence-electron chi connectivity index (χ4n) is 4.31. The molecule has 1 aliphatic rings. The summed E-state index contributed by atoms with van der Waals surface area (Å²) in [6.45, 7) is 6.59. The third-order valence-electron chi connectivity index (χ3n) is 5.96. The minimum atomic E-state index is -0.243. The van der Waals surface area contributed by atoms with Crippen molar-refractivity contribution < 1.29 is 4.39 Å². The number of rotatable bonds is 5. The minimum Gasteiger partial charge on any atom is -0.353 e. The highest BCUT2D eigenvalue weighted by atomic mass is 35.5. The Hall–Kier alpha value is -2.80. The lowest BCUT2D eigenvalue weighted by Gasteiger charge is -2.35. The summed E-state index contributed by atoms with van der Waals surface area (Å²) in [5.41, 5.74) is 3.25. The van der Waals surface area contributed by atoms with Crippen LogP contribution in [0.3, 0.4) is 0 Å². The molecule has 0 radical (unpaired) electrons. The summed E-state index contributed by atoms with van der Waals surface area (Å²) >= 11 is 7.92. The summed E-state index contributed by atoms with van der Waals surface area (Å²) in [7, 11) is 0. The molecule has 0 bridgehead atoms. The Morgan fingerprint density at radius 3 is 2.45 bits per heavy atom. The van der Waals surface area contributed by atoms with Gasteiger partial charge in [-0.05, 0) is 41.8 Å². The maximum atomic E-state index is 13.5. The normalized spacial score (nSPS) is 15.1. The van der Waals surface area contributed by atoms with Crippen molar-refractivity contribution in [3.8, 4) is 11.1 Å². The number of piperazine rings is 1. The van der Waals surface area contributed by atoms with Crippen molar-refractivity contribution >= 4 is 45.0 Å². The quantitative estimate of drug-likeness (QED) is 0.315. The fourth-order valence-corrected chi connectivity index (χ4v) is 5.56. The van der Waals surface area contributed by atoms with E-state index in [0.29, 0.717) is 0 Å². The third-order valence-corrected chi connectivity index (χ3v) is 7.13. The maximum absolute atomic E-state index is 13.5. The smallest absolute Gasteiger partial charge is 0.225 e. The average molecular weight is 479 g/mol. The lowest BCUT2D eigenvalue weighted by Crippen LogP contribution is -2.46. The van der Waals surface area contributed by atoms with Crippen molar-refractivity contribution in [2.24, 2.45) is 0 Å². The second-order valence-corrected chi connectivity index (χ2v) is 9.68. The number of halogens is 2. The van der Waals surface area contributed by atoms with Gasteiger partial charge in [0.15, 0.2) is 0 Å². The number of hydrogen-bond acceptors (Lipinski definition) is 5. The molecule has 1 fully saturated rings. The third kappa shape index (κ3) is 4.78. The first-order valence-corrected chi connectivity index (χ1v) is 12.2. The largest absolute Gasteiger partial charge is 0.353 e. The lowest BCUT2D eigenvalue weighted by molar-refractivity contribution is 0.284. The number of benzene rings is 2. The molecule has 0 amide bonds. The first-order valence-electron chi connectivity index (χ1n) is 11.0. The summed E-state index contributed by atoms with van der Waals surface area (Å²) in [5, 5.41) is 1.27. The van der Waals surface area contributed by atoms with Crippen LogP contribution < -0.4 is 4.90 Å². The molecule has 4 aromatic rings. The molecule has 0 spiro atoms. The van der Waals surface area contributed by atoms with Crippen molar-refractivity contribution in [2.45, 2.75) is 6.92 Å². The number of hydrogen-bond donors (Lipinski definition) is 0. The van der Waals surface area contributed by atoms with Crippen LogP contribution in [0.15, 0.2) is 60.7 Å². The van der Waals surface area contributed by atoms with Gasteiger partial charge in [-0.25, -0.2) is 9.37 Å². The van der Waals surface area contributed by atoms with E-state index in [1.54, 1.807) is 11.3 Å². The maximum Gasteiger partial charge on any atom is 0.225 e. The van der Waals surface area contributed by atoms with Gasteiger partial charge in [-0.15, -0.1) is 11.3 Å². The van der Waals surface area contributed by atoms with Crippen LogP contribution in [0.2, 0.25) is 5.28 Å². The summed E-state index contributed by atoms with van der Waals surface area (Å²) in [5.74, 6) is 0.626. The molecule has 3 heterocycles. The van der Waals surface area contributed by atoms with E-state index in [-0.39, 0.29) is 11.1 Å². The molecule has 0 aliphatic carbocycles. The van der Waals surface area contributed by atoms with Crippen LogP contribution in [0.5, 0.6) is 0 Å². The van der Waals surface area contributed by atoms with Crippen LogP contribution in [0.1, 0.15) is 10.4 Å². The molecule has 1 saturated heterocycles. The van der Waals surface area contributed by atoms with Crippen LogP contribution >= 0.6 is 22.9 Å². The predicted octanol–water partition coefficient (Wildman–Crippen LogP) is 6.29. The van der Waals surface area contributed by atoms with E-state index in [2.05, 4.69) is 63.1 Å². The Labute approximate surface area is 202 Å². The van der Waals surface area contributed by atoms with Crippen LogP contribution in [0.25, 0.3) is 27.4 Å². The van der Waals surface area contributed by atoms with Gasteiger partial charge in [0.05, 0.1) is 5.39 Å². The van der Waals surface area contributed by atoms with E-state index in [9.17, 15) is 4.39 Å². The summed E-state index contributed by atoms with van der Waals surface area (Å²) in [4.78, 5) is 15.9. The number of anilines is 1. The van der Waals surface area contributed by atoms with E-state index in [1.807, 2.05) is 18.2 Å². The molecular formula is C26H24ClFN4S. The summed E-state index contributed by atoms with van der Waals surface area (Å²) in [6.07, 6.45) is 4.39. The molecule has 7 heteroatoms. The van der Waals surface area contributed by atoms with E-state index in [0.717, 1.165) is 64.8 Å². The van der Waals surface area contributed by atoms with Gasteiger partial charge in [0, 0.05) is 43.2 Å². The molecule has 1 aliphatic heterocycles. The summed E-state index contributed by atoms with van der Waals surface area (Å²) < 4.78 is 13.5. The van der Waals surface area contributed by atoms with Crippen LogP contribution in [-0.4, -0.2) is 47.6 Å². The SMILES string of the molecule is Cc1sc2nc(Cl)nc(N3CCN(C/C=C/c4ccccc4)CC3)c2c1-c1ccc(F)cc1. The molecule has 2 aromatic heterocycles. The number of nitrogens with zero attached hydrogens (tertiary/aromatic N) is 4. The summed E-state index contributed by atoms with van der Waals surface area (Å²) in [6, 6.07) is 17.0. The molecule has 0 atom stereocenters. The molecule has 33 heavy (non-hydrogen) atoms. The Kier molecular flexibility index (Phi) is 6.40. The van der Waals surface area contributed by atoms with Crippen LogP contribution in [0.4, 0.5) is 10.2 Å². The van der Waals surface area contributed by atoms with E-state index >= 15 is 0 Å². The van der Waals surface area contributed by atoms with Crippen molar-refractivity contribution in [1.82, 2.24) is 14.9 Å². The minimum absolute atomic E-state index is 0.243. The average Bonchev–Trinajstić information content (AvgIpc) is 3.15. The Bertz CT molecular complexity index is 1280. The highest BCUT2D eigenvalue weighted by Gasteiger charge is 2.24. The molecule has 5 rings (SSSR count). The zero-order valence-corrected chi connectivity index (χ0v) is 19.9. The van der Waals surface area contributed by atoms with Gasteiger partial charge < -0.3 is 4.90 Å². The molecule has 2 aromatic carbocycles. The predicted molar refractivity (Wildman–Crippen MR) is 137 cm³/mol. The monoisotopic (exact) mass is 478 g/mol. The fraction of sp³-hybridized carbons (Fsp3) is 0.231. The highest BCUT2D eigenvalue weighted by molar-refractivity contribution is 7.19.